The molecule has 0 unspecified atom stereocenters. The zero-order chi connectivity index (χ0) is 11.8. The molecule has 4 heteroatoms. The number of hydrogen-bond donors (Lipinski definition) is 2. The van der Waals surface area contributed by atoms with Crippen LogP contribution in [-0.4, -0.2) is 9.55 Å². The van der Waals surface area contributed by atoms with Crippen LogP contribution >= 0.6 is 0 Å². The van der Waals surface area contributed by atoms with Gasteiger partial charge in [-0.05, 0) is 25.0 Å². The molecule has 1 aliphatic carbocycles. The van der Waals surface area contributed by atoms with Crippen LogP contribution in [-0.2, 0) is 6.54 Å². The quantitative estimate of drug-likeness (QED) is 0.777. The van der Waals surface area contributed by atoms with Crippen LogP contribution in [0, 0.1) is 0 Å². The Morgan fingerprint density at radius 1 is 1.29 bits per heavy atom. The lowest BCUT2D eigenvalue weighted by molar-refractivity contribution is 0.511. The van der Waals surface area contributed by atoms with Crippen LogP contribution in [0.5, 0.6) is 0 Å². The molecule has 1 heterocycles. The highest BCUT2D eigenvalue weighted by Gasteiger charge is 2.22. The minimum atomic E-state index is 0.477. The van der Waals surface area contributed by atoms with E-state index in [1.807, 2.05) is 18.2 Å². The molecule has 1 aromatic heterocycles. The minimum Gasteiger partial charge on any atom is -0.397 e. The van der Waals surface area contributed by atoms with E-state index in [0.29, 0.717) is 12.6 Å². The van der Waals surface area contributed by atoms with Gasteiger partial charge in [0, 0.05) is 6.04 Å². The normalized spacial score (nSPS) is 17.0. The number of imidazole rings is 1. The van der Waals surface area contributed by atoms with E-state index in [1.54, 1.807) is 0 Å². The van der Waals surface area contributed by atoms with E-state index in [9.17, 15) is 0 Å². The Hall–Kier alpha value is -1.55. The molecule has 2 aromatic rings. The average Bonchev–Trinajstić information content (AvgIpc) is 2.95. The van der Waals surface area contributed by atoms with Crippen molar-refractivity contribution in [3.8, 4) is 0 Å². The summed E-state index contributed by atoms with van der Waals surface area (Å²) < 4.78 is 2.28. The summed E-state index contributed by atoms with van der Waals surface area (Å²) in [5, 5.41) is 0. The largest absolute Gasteiger partial charge is 0.397 e. The van der Waals surface area contributed by atoms with Gasteiger partial charge in [-0.2, -0.15) is 0 Å². The average molecular weight is 230 g/mol. The summed E-state index contributed by atoms with van der Waals surface area (Å²) in [4.78, 5) is 4.59. The van der Waals surface area contributed by atoms with Crippen LogP contribution < -0.4 is 11.5 Å². The van der Waals surface area contributed by atoms with E-state index in [-0.39, 0.29) is 0 Å². The molecule has 0 radical (unpaired) electrons. The molecule has 90 valence electrons. The van der Waals surface area contributed by atoms with Crippen LogP contribution in [0.15, 0.2) is 18.2 Å². The number of para-hydroxylation sites is 1. The number of nitrogens with zero attached hydrogens (tertiary/aromatic N) is 2. The summed E-state index contributed by atoms with van der Waals surface area (Å²) >= 11 is 0. The van der Waals surface area contributed by atoms with Crippen LogP contribution in [0.4, 0.5) is 5.69 Å². The van der Waals surface area contributed by atoms with Gasteiger partial charge >= 0.3 is 0 Å². The molecule has 0 spiro atoms. The maximum atomic E-state index is 6.09. The number of hydrogen-bond acceptors (Lipinski definition) is 3. The van der Waals surface area contributed by atoms with Gasteiger partial charge in [0.05, 0.1) is 23.3 Å². The molecular formula is C13H18N4. The smallest absolute Gasteiger partial charge is 0.123 e. The van der Waals surface area contributed by atoms with Crippen molar-refractivity contribution in [2.45, 2.75) is 38.3 Å². The molecule has 0 amide bonds. The van der Waals surface area contributed by atoms with Gasteiger partial charge in [0.25, 0.3) is 0 Å². The van der Waals surface area contributed by atoms with Gasteiger partial charge in [-0.15, -0.1) is 0 Å². The van der Waals surface area contributed by atoms with Crippen LogP contribution in [0.1, 0.15) is 37.5 Å². The van der Waals surface area contributed by atoms with Crippen molar-refractivity contribution in [2.75, 3.05) is 5.73 Å². The van der Waals surface area contributed by atoms with Crippen LogP contribution in [0.3, 0.4) is 0 Å². The molecule has 0 bridgehead atoms. The van der Waals surface area contributed by atoms with Crippen molar-refractivity contribution < 1.29 is 0 Å². The van der Waals surface area contributed by atoms with Gasteiger partial charge in [0.2, 0.25) is 0 Å². The van der Waals surface area contributed by atoms with Crippen molar-refractivity contribution in [2.24, 2.45) is 5.73 Å². The zero-order valence-corrected chi connectivity index (χ0v) is 9.89. The van der Waals surface area contributed by atoms with Crippen LogP contribution in [0.2, 0.25) is 0 Å². The van der Waals surface area contributed by atoms with Gasteiger partial charge in [-0.3, -0.25) is 0 Å². The molecule has 1 aliphatic rings. The fourth-order valence-electron chi connectivity index (χ4n) is 2.92. The molecular weight excluding hydrogens is 212 g/mol. The second kappa shape index (κ2) is 4.04. The topological polar surface area (TPSA) is 69.9 Å². The maximum absolute atomic E-state index is 6.09. The molecule has 17 heavy (non-hydrogen) atoms. The number of rotatable bonds is 2. The number of anilines is 1. The van der Waals surface area contributed by atoms with E-state index < -0.39 is 0 Å². The Labute approximate surface area is 101 Å². The third kappa shape index (κ3) is 1.60. The fourth-order valence-corrected chi connectivity index (χ4v) is 2.92. The van der Waals surface area contributed by atoms with Crippen molar-refractivity contribution >= 4 is 16.7 Å². The molecule has 0 saturated heterocycles. The number of fused-ring (bicyclic) bond motifs is 1. The molecule has 1 aromatic carbocycles. The highest BCUT2D eigenvalue weighted by molar-refractivity contribution is 5.88. The SMILES string of the molecule is NCc1nc2cccc(N)c2n1C1CCCC1. The van der Waals surface area contributed by atoms with Gasteiger partial charge in [-0.25, -0.2) is 4.98 Å². The van der Waals surface area contributed by atoms with Gasteiger partial charge in [0.1, 0.15) is 5.82 Å². The highest BCUT2D eigenvalue weighted by Crippen LogP contribution is 2.35. The summed E-state index contributed by atoms with van der Waals surface area (Å²) in [6.45, 7) is 0.477. The molecule has 4 nitrogen and oxygen atoms in total. The van der Waals surface area contributed by atoms with E-state index in [2.05, 4.69) is 9.55 Å². The first-order chi connectivity index (χ1) is 8.31. The predicted molar refractivity (Wildman–Crippen MR) is 69.5 cm³/mol. The van der Waals surface area contributed by atoms with Crippen molar-refractivity contribution in [1.82, 2.24) is 9.55 Å². The number of benzene rings is 1. The number of nitrogen functional groups attached to an aromatic ring is 1. The predicted octanol–water partition coefficient (Wildman–Crippen LogP) is 2.19. The van der Waals surface area contributed by atoms with Crippen molar-refractivity contribution in [3.05, 3.63) is 24.0 Å². The Morgan fingerprint density at radius 2 is 2.06 bits per heavy atom. The Morgan fingerprint density at radius 3 is 2.76 bits per heavy atom. The van der Waals surface area contributed by atoms with E-state index >= 15 is 0 Å². The number of aromatic nitrogens is 2. The third-order valence-electron chi connectivity index (χ3n) is 3.69. The second-order valence-electron chi connectivity index (χ2n) is 4.76. The van der Waals surface area contributed by atoms with E-state index in [4.69, 9.17) is 11.5 Å². The lowest BCUT2D eigenvalue weighted by Gasteiger charge is -2.16. The molecule has 0 atom stereocenters. The standard InChI is InChI=1S/C13H18N4/c14-8-12-16-11-7-3-6-10(15)13(11)17(12)9-4-1-2-5-9/h3,6-7,9H,1-2,4-5,8,14-15H2. The Kier molecular flexibility index (Phi) is 2.52. The van der Waals surface area contributed by atoms with Gasteiger partial charge in [0.15, 0.2) is 0 Å². The molecule has 1 fully saturated rings. The first-order valence-electron chi connectivity index (χ1n) is 6.26. The Balaban J connectivity index is 2.24. The highest BCUT2D eigenvalue weighted by atomic mass is 15.1. The van der Waals surface area contributed by atoms with Crippen molar-refractivity contribution in [1.29, 1.82) is 0 Å². The summed E-state index contributed by atoms with van der Waals surface area (Å²) in [6.07, 6.45) is 5.02. The molecule has 0 aliphatic heterocycles. The lowest BCUT2D eigenvalue weighted by Crippen LogP contribution is -2.13. The van der Waals surface area contributed by atoms with Crippen molar-refractivity contribution in [3.63, 3.8) is 0 Å². The zero-order valence-electron chi connectivity index (χ0n) is 9.89. The first kappa shape index (κ1) is 10.6. The summed E-state index contributed by atoms with van der Waals surface area (Å²) in [5.41, 5.74) is 14.7. The second-order valence-corrected chi connectivity index (χ2v) is 4.76. The summed E-state index contributed by atoms with van der Waals surface area (Å²) in [7, 11) is 0. The van der Waals surface area contributed by atoms with Gasteiger partial charge < -0.3 is 16.0 Å². The molecule has 3 rings (SSSR count). The molecule has 4 N–H and O–H groups in total. The van der Waals surface area contributed by atoms with Gasteiger partial charge in [-0.1, -0.05) is 18.9 Å². The van der Waals surface area contributed by atoms with E-state index in [0.717, 1.165) is 22.5 Å². The minimum absolute atomic E-state index is 0.477. The maximum Gasteiger partial charge on any atom is 0.123 e. The third-order valence-corrected chi connectivity index (χ3v) is 3.69. The Bertz CT molecular complexity index is 538. The van der Waals surface area contributed by atoms with Crippen LogP contribution in [0.25, 0.3) is 11.0 Å². The first-order valence-corrected chi connectivity index (χ1v) is 6.26. The monoisotopic (exact) mass is 230 g/mol. The molecule has 1 saturated carbocycles. The fraction of sp³-hybridized carbons (Fsp3) is 0.462. The lowest BCUT2D eigenvalue weighted by atomic mass is 10.2. The van der Waals surface area contributed by atoms with E-state index in [1.165, 1.54) is 25.7 Å². The summed E-state index contributed by atoms with van der Waals surface area (Å²) in [6, 6.07) is 6.43. The summed E-state index contributed by atoms with van der Waals surface area (Å²) in [5.74, 6) is 0.963. The number of nitrogens with two attached hydrogens (primary N) is 2.